The maximum Gasteiger partial charge on any atom is 0.253 e. The lowest BCUT2D eigenvalue weighted by Gasteiger charge is -2.26. The van der Waals surface area contributed by atoms with E-state index in [0.29, 0.717) is 12.6 Å². The fourth-order valence-electron chi connectivity index (χ4n) is 3.38. The molecule has 0 radical (unpaired) electrons. The molecule has 1 amide bonds. The molecular weight excluding hydrogens is 310 g/mol. The quantitative estimate of drug-likeness (QED) is 0.816. The van der Waals surface area contributed by atoms with E-state index in [-0.39, 0.29) is 5.91 Å². The van der Waals surface area contributed by atoms with Crippen molar-refractivity contribution in [2.45, 2.75) is 31.8 Å². The number of amides is 1. The van der Waals surface area contributed by atoms with Gasteiger partial charge in [-0.15, -0.1) is 0 Å². The number of benzene rings is 2. The lowest BCUT2D eigenvalue weighted by Crippen LogP contribution is -2.42. The molecule has 1 aliphatic heterocycles. The Morgan fingerprint density at radius 2 is 1.92 bits per heavy atom. The summed E-state index contributed by atoms with van der Waals surface area (Å²) in [5.74, 6) is 0.0972. The van der Waals surface area contributed by atoms with Crippen LogP contribution in [0.15, 0.2) is 54.6 Å². The van der Waals surface area contributed by atoms with E-state index < -0.39 is 0 Å². The van der Waals surface area contributed by atoms with Crippen molar-refractivity contribution in [1.29, 1.82) is 0 Å². The first-order chi connectivity index (χ1) is 12.3. The molecule has 3 rings (SSSR count). The molecule has 0 unspecified atom stereocenters. The molecule has 0 bridgehead atoms. The van der Waals surface area contributed by atoms with Gasteiger partial charge in [0, 0.05) is 31.2 Å². The Bertz CT molecular complexity index is 681. The number of hydrogen-bond donors (Lipinski definition) is 2. The van der Waals surface area contributed by atoms with E-state index in [1.807, 2.05) is 47.4 Å². The van der Waals surface area contributed by atoms with E-state index in [1.165, 1.54) is 12.0 Å². The minimum atomic E-state index is 0.0972. The van der Waals surface area contributed by atoms with Gasteiger partial charge >= 0.3 is 0 Å². The van der Waals surface area contributed by atoms with E-state index >= 15 is 0 Å². The summed E-state index contributed by atoms with van der Waals surface area (Å²) >= 11 is 0. The Labute approximate surface area is 150 Å². The third kappa shape index (κ3) is 4.91. The maximum atomic E-state index is 13.1. The van der Waals surface area contributed by atoms with Crippen LogP contribution in [0, 0.1) is 0 Å². The van der Waals surface area contributed by atoms with Gasteiger partial charge in [0.2, 0.25) is 0 Å². The second-order valence-electron chi connectivity index (χ2n) is 6.68. The van der Waals surface area contributed by atoms with Crippen molar-refractivity contribution in [2.24, 2.45) is 5.73 Å². The van der Waals surface area contributed by atoms with Gasteiger partial charge in [-0.3, -0.25) is 4.79 Å². The monoisotopic (exact) mass is 337 g/mol. The van der Waals surface area contributed by atoms with Crippen molar-refractivity contribution in [1.82, 2.24) is 10.2 Å². The van der Waals surface area contributed by atoms with Gasteiger partial charge in [0.25, 0.3) is 5.91 Å². The third-order valence-corrected chi connectivity index (χ3v) is 4.81. The predicted octanol–water partition coefficient (Wildman–Crippen LogP) is 2.58. The first-order valence-corrected chi connectivity index (χ1v) is 9.12. The summed E-state index contributed by atoms with van der Waals surface area (Å²) in [6.07, 6.45) is 3.20. The number of carbonyl (C=O) groups excluding carboxylic acids is 1. The molecule has 132 valence electrons. The van der Waals surface area contributed by atoms with Crippen molar-refractivity contribution in [3.63, 3.8) is 0 Å². The normalized spacial score (nSPS) is 16.8. The molecule has 2 aromatic rings. The maximum absolute atomic E-state index is 13.1. The van der Waals surface area contributed by atoms with Crippen LogP contribution in [0.25, 0.3) is 0 Å². The number of nitrogens with two attached hydrogens (primary N) is 1. The zero-order chi connectivity index (χ0) is 17.5. The highest BCUT2D eigenvalue weighted by atomic mass is 16.2. The molecule has 4 heteroatoms. The Kier molecular flexibility index (Phi) is 6.20. The van der Waals surface area contributed by atoms with Crippen LogP contribution < -0.4 is 11.1 Å². The average Bonchev–Trinajstić information content (AvgIpc) is 3.18. The fourth-order valence-corrected chi connectivity index (χ4v) is 3.38. The van der Waals surface area contributed by atoms with Crippen LogP contribution in [0.1, 0.15) is 34.3 Å². The van der Waals surface area contributed by atoms with E-state index in [4.69, 9.17) is 5.73 Å². The summed E-state index contributed by atoms with van der Waals surface area (Å²) in [4.78, 5) is 15.1. The molecule has 25 heavy (non-hydrogen) atoms. The Morgan fingerprint density at radius 3 is 2.64 bits per heavy atom. The molecule has 4 nitrogen and oxygen atoms in total. The van der Waals surface area contributed by atoms with E-state index in [2.05, 4.69) is 17.4 Å². The molecule has 0 saturated carbocycles. The highest BCUT2D eigenvalue weighted by molar-refractivity contribution is 5.94. The summed E-state index contributed by atoms with van der Waals surface area (Å²) < 4.78 is 0. The Hall–Kier alpha value is -2.17. The molecular formula is C21H27N3O. The van der Waals surface area contributed by atoms with E-state index in [1.54, 1.807) is 0 Å². The van der Waals surface area contributed by atoms with E-state index in [9.17, 15) is 4.79 Å². The largest absolute Gasteiger partial charge is 0.337 e. The first kappa shape index (κ1) is 17.6. The van der Waals surface area contributed by atoms with Gasteiger partial charge in [-0.25, -0.2) is 0 Å². The third-order valence-electron chi connectivity index (χ3n) is 4.81. The van der Waals surface area contributed by atoms with Crippen LogP contribution in [0.2, 0.25) is 0 Å². The predicted molar refractivity (Wildman–Crippen MR) is 101 cm³/mol. The van der Waals surface area contributed by atoms with Crippen LogP contribution >= 0.6 is 0 Å². The second-order valence-corrected chi connectivity index (χ2v) is 6.68. The summed E-state index contributed by atoms with van der Waals surface area (Å²) in [7, 11) is 0. The zero-order valence-electron chi connectivity index (χ0n) is 14.7. The lowest BCUT2D eigenvalue weighted by molar-refractivity contribution is 0.0743. The lowest BCUT2D eigenvalue weighted by atomic mass is 10.1. The minimum absolute atomic E-state index is 0.0972. The zero-order valence-corrected chi connectivity index (χ0v) is 14.7. The SMILES string of the molecule is NCc1cccc(C(=O)N(CCc2ccccc2)C[C@@H]2CCCN2)c1. The van der Waals surface area contributed by atoms with Gasteiger partial charge in [0.05, 0.1) is 0 Å². The van der Waals surface area contributed by atoms with Crippen LogP contribution in [0.3, 0.4) is 0 Å². The minimum Gasteiger partial charge on any atom is -0.337 e. The molecule has 0 spiro atoms. The first-order valence-electron chi connectivity index (χ1n) is 9.12. The average molecular weight is 337 g/mol. The van der Waals surface area contributed by atoms with Crippen molar-refractivity contribution >= 4 is 5.91 Å². The Morgan fingerprint density at radius 1 is 1.12 bits per heavy atom. The Balaban J connectivity index is 1.72. The molecule has 0 aliphatic carbocycles. The molecule has 3 N–H and O–H groups in total. The van der Waals surface area contributed by atoms with Crippen molar-refractivity contribution in [2.75, 3.05) is 19.6 Å². The van der Waals surface area contributed by atoms with Gasteiger partial charge in [0.1, 0.15) is 0 Å². The number of carbonyl (C=O) groups is 1. The van der Waals surface area contributed by atoms with Gasteiger partial charge in [0.15, 0.2) is 0 Å². The molecule has 1 fully saturated rings. The smallest absolute Gasteiger partial charge is 0.253 e. The highest BCUT2D eigenvalue weighted by Gasteiger charge is 2.22. The number of hydrogen-bond acceptors (Lipinski definition) is 3. The summed E-state index contributed by atoms with van der Waals surface area (Å²) in [6.45, 7) is 3.00. The highest BCUT2D eigenvalue weighted by Crippen LogP contribution is 2.13. The number of nitrogens with zero attached hydrogens (tertiary/aromatic N) is 1. The molecule has 1 atom stereocenters. The molecule has 1 heterocycles. The van der Waals surface area contributed by atoms with Gasteiger partial charge < -0.3 is 16.0 Å². The molecule has 1 saturated heterocycles. The summed E-state index contributed by atoms with van der Waals surface area (Å²) in [5, 5.41) is 3.50. The standard InChI is InChI=1S/C21H27N3O/c22-15-18-8-4-9-19(14-18)21(25)24(16-20-10-5-12-23-20)13-11-17-6-2-1-3-7-17/h1-4,6-9,14,20,23H,5,10-13,15-16,22H2/t20-/m0/s1. The van der Waals surface area contributed by atoms with Crippen LogP contribution in [-0.2, 0) is 13.0 Å². The summed E-state index contributed by atoms with van der Waals surface area (Å²) in [6, 6.07) is 18.4. The van der Waals surface area contributed by atoms with Gasteiger partial charge in [-0.1, -0.05) is 42.5 Å². The molecule has 2 aromatic carbocycles. The van der Waals surface area contributed by atoms with Crippen LogP contribution in [0.4, 0.5) is 0 Å². The summed E-state index contributed by atoms with van der Waals surface area (Å²) in [5.41, 5.74) is 8.71. The van der Waals surface area contributed by atoms with E-state index in [0.717, 1.165) is 43.6 Å². The molecule has 0 aromatic heterocycles. The molecule has 1 aliphatic rings. The van der Waals surface area contributed by atoms with Gasteiger partial charge in [-0.2, -0.15) is 0 Å². The van der Waals surface area contributed by atoms with Crippen LogP contribution in [0.5, 0.6) is 0 Å². The number of rotatable bonds is 7. The van der Waals surface area contributed by atoms with Crippen molar-refractivity contribution in [3.8, 4) is 0 Å². The number of nitrogens with one attached hydrogen (secondary N) is 1. The van der Waals surface area contributed by atoms with Crippen LogP contribution in [-0.4, -0.2) is 36.5 Å². The second kappa shape index (κ2) is 8.79. The van der Waals surface area contributed by atoms with Crippen molar-refractivity contribution < 1.29 is 4.79 Å². The van der Waals surface area contributed by atoms with Gasteiger partial charge in [-0.05, 0) is 49.1 Å². The topological polar surface area (TPSA) is 58.4 Å². The fraction of sp³-hybridized carbons (Fsp3) is 0.381. The van der Waals surface area contributed by atoms with Crippen molar-refractivity contribution in [3.05, 3.63) is 71.3 Å².